The molecule has 0 radical (unpaired) electrons. The van der Waals surface area contributed by atoms with Crippen LogP contribution in [0, 0.1) is 0 Å². The summed E-state index contributed by atoms with van der Waals surface area (Å²) >= 11 is 0. The second-order valence-electron chi connectivity index (χ2n) is 6.03. The first kappa shape index (κ1) is 19.9. The molecule has 24 heavy (non-hydrogen) atoms. The van der Waals surface area contributed by atoms with Crippen LogP contribution in [0.3, 0.4) is 0 Å². The van der Waals surface area contributed by atoms with E-state index in [0.29, 0.717) is 5.75 Å². The minimum absolute atomic E-state index is 0.466. The van der Waals surface area contributed by atoms with Crippen LogP contribution in [0.4, 0.5) is 0 Å². The molecule has 0 aliphatic rings. The van der Waals surface area contributed by atoms with Crippen molar-refractivity contribution in [3.8, 4) is 5.75 Å². The summed E-state index contributed by atoms with van der Waals surface area (Å²) in [7, 11) is 0. The van der Waals surface area contributed by atoms with Crippen molar-refractivity contribution in [1.29, 1.82) is 0 Å². The number of unbranched alkanes of at least 4 members (excludes halogenated alkanes) is 7. The lowest BCUT2D eigenvalue weighted by Gasteiger charge is -2.05. The molecule has 0 fully saturated rings. The van der Waals surface area contributed by atoms with Crippen LogP contribution in [0.1, 0.15) is 63.9 Å². The van der Waals surface area contributed by atoms with Crippen molar-refractivity contribution in [2.24, 2.45) is 5.73 Å². The van der Waals surface area contributed by atoms with Crippen LogP contribution in [0.15, 0.2) is 36.4 Å². The number of rotatable bonds is 12. The summed E-state index contributed by atoms with van der Waals surface area (Å²) in [5, 5.41) is 0. The van der Waals surface area contributed by atoms with E-state index >= 15 is 0 Å². The van der Waals surface area contributed by atoms with Gasteiger partial charge in [-0.2, -0.15) is 0 Å². The molecule has 0 aliphatic heterocycles. The van der Waals surface area contributed by atoms with Crippen LogP contribution >= 0.6 is 0 Å². The van der Waals surface area contributed by atoms with Crippen molar-refractivity contribution >= 4 is 11.9 Å². The number of carbonyl (C=O) groups excluding carboxylic acids is 2. The van der Waals surface area contributed by atoms with E-state index in [1.807, 2.05) is 12.1 Å². The van der Waals surface area contributed by atoms with Gasteiger partial charge in [-0.25, -0.2) is 4.79 Å². The monoisotopic (exact) mass is 331 g/mol. The Hall–Kier alpha value is -2.10. The zero-order valence-electron chi connectivity index (χ0n) is 14.6. The topological polar surface area (TPSA) is 69.4 Å². The molecule has 1 aromatic rings. The van der Waals surface area contributed by atoms with Gasteiger partial charge in [0.25, 0.3) is 0 Å². The highest BCUT2D eigenvalue weighted by Crippen LogP contribution is 2.15. The number of ether oxygens (including phenoxy) is 1. The van der Waals surface area contributed by atoms with Crippen molar-refractivity contribution in [3.63, 3.8) is 0 Å². The van der Waals surface area contributed by atoms with Crippen LogP contribution in [-0.4, -0.2) is 11.9 Å². The quantitative estimate of drug-likeness (QED) is 0.268. The molecule has 0 saturated heterocycles. The molecule has 0 aromatic heterocycles. The lowest BCUT2D eigenvalue weighted by Crippen LogP contribution is -2.09. The third kappa shape index (κ3) is 9.82. The molecule has 4 nitrogen and oxygen atoms in total. The maximum Gasteiger partial charge on any atom is 0.336 e. The summed E-state index contributed by atoms with van der Waals surface area (Å²) in [6.07, 6.45) is 13.5. The normalized spacial score (nSPS) is 10.9. The summed E-state index contributed by atoms with van der Waals surface area (Å²) in [4.78, 5) is 22.0. The molecule has 0 unspecified atom stereocenters. The Labute approximate surface area is 145 Å². The maximum atomic E-state index is 11.4. The molecule has 1 amide bonds. The molecule has 0 spiro atoms. The van der Waals surface area contributed by atoms with E-state index in [0.717, 1.165) is 18.6 Å². The van der Waals surface area contributed by atoms with Gasteiger partial charge in [0, 0.05) is 12.2 Å². The fraction of sp³-hybridized carbons (Fsp3) is 0.500. The van der Waals surface area contributed by atoms with Gasteiger partial charge in [-0.15, -0.1) is 0 Å². The highest BCUT2D eigenvalue weighted by atomic mass is 16.5. The van der Waals surface area contributed by atoms with Crippen LogP contribution in [0.2, 0.25) is 0 Å². The fourth-order valence-electron chi connectivity index (χ4n) is 2.49. The number of amides is 1. The Bertz CT molecular complexity index is 520. The Morgan fingerprint density at radius 2 is 1.50 bits per heavy atom. The molecule has 1 rings (SSSR count). The second kappa shape index (κ2) is 12.3. The SMILES string of the molecule is CCCCCCCCCCc1ccc(OC(=O)/C=C\C(N)=O)cc1. The van der Waals surface area contributed by atoms with Crippen molar-refractivity contribution in [3.05, 3.63) is 42.0 Å². The van der Waals surface area contributed by atoms with Crippen LogP contribution < -0.4 is 10.5 Å². The van der Waals surface area contributed by atoms with Gasteiger partial charge in [0.15, 0.2) is 0 Å². The van der Waals surface area contributed by atoms with Gasteiger partial charge in [-0.05, 0) is 30.5 Å². The fourth-order valence-corrected chi connectivity index (χ4v) is 2.49. The summed E-state index contributed by atoms with van der Waals surface area (Å²) in [6.45, 7) is 2.24. The summed E-state index contributed by atoms with van der Waals surface area (Å²) in [5.74, 6) is -0.814. The van der Waals surface area contributed by atoms with E-state index < -0.39 is 11.9 Å². The lowest BCUT2D eigenvalue weighted by molar-refractivity contribution is -0.129. The summed E-state index contributed by atoms with van der Waals surface area (Å²) in [5.41, 5.74) is 6.16. The Balaban J connectivity index is 2.20. The number of carbonyl (C=O) groups is 2. The van der Waals surface area contributed by atoms with E-state index in [1.54, 1.807) is 12.1 Å². The molecule has 0 bridgehead atoms. The van der Waals surface area contributed by atoms with E-state index in [9.17, 15) is 9.59 Å². The average Bonchev–Trinajstić information content (AvgIpc) is 2.57. The first-order valence-corrected chi connectivity index (χ1v) is 8.90. The van der Waals surface area contributed by atoms with Gasteiger partial charge in [-0.1, -0.05) is 64.0 Å². The molecule has 0 saturated carbocycles. The van der Waals surface area contributed by atoms with Crippen molar-refractivity contribution in [2.45, 2.75) is 64.7 Å². The average molecular weight is 331 g/mol. The molecular formula is C20H29NO3. The highest BCUT2D eigenvalue weighted by molar-refractivity contribution is 5.94. The number of hydrogen-bond acceptors (Lipinski definition) is 3. The van der Waals surface area contributed by atoms with Crippen LogP contribution in [0.25, 0.3) is 0 Å². The predicted octanol–water partition coefficient (Wildman–Crippen LogP) is 4.32. The number of benzene rings is 1. The zero-order valence-corrected chi connectivity index (χ0v) is 14.6. The Morgan fingerprint density at radius 3 is 2.08 bits per heavy atom. The number of primary amides is 1. The molecule has 1 aromatic carbocycles. The first-order valence-electron chi connectivity index (χ1n) is 8.90. The van der Waals surface area contributed by atoms with Gasteiger partial charge in [0.2, 0.25) is 5.91 Å². The third-order valence-corrected chi connectivity index (χ3v) is 3.84. The number of hydrogen-bond donors (Lipinski definition) is 1. The van der Waals surface area contributed by atoms with Crippen molar-refractivity contribution in [1.82, 2.24) is 0 Å². The smallest absolute Gasteiger partial charge is 0.336 e. The lowest BCUT2D eigenvalue weighted by atomic mass is 10.0. The molecule has 0 atom stereocenters. The third-order valence-electron chi connectivity index (χ3n) is 3.84. The zero-order chi connectivity index (χ0) is 17.6. The first-order chi connectivity index (χ1) is 11.6. The van der Waals surface area contributed by atoms with Crippen molar-refractivity contribution < 1.29 is 14.3 Å². The minimum atomic E-state index is -0.673. The Morgan fingerprint density at radius 1 is 0.917 bits per heavy atom. The van der Waals surface area contributed by atoms with E-state index in [1.165, 1.54) is 56.9 Å². The molecule has 0 aliphatic carbocycles. The number of esters is 1. The molecule has 2 N–H and O–H groups in total. The Kier molecular flexibility index (Phi) is 10.3. The van der Waals surface area contributed by atoms with Gasteiger partial charge >= 0.3 is 5.97 Å². The van der Waals surface area contributed by atoms with E-state index in [-0.39, 0.29) is 0 Å². The number of nitrogens with two attached hydrogens (primary N) is 1. The second-order valence-corrected chi connectivity index (χ2v) is 6.03. The molecule has 0 heterocycles. The van der Waals surface area contributed by atoms with E-state index in [2.05, 4.69) is 6.92 Å². The number of aryl methyl sites for hydroxylation is 1. The minimum Gasteiger partial charge on any atom is -0.423 e. The van der Waals surface area contributed by atoms with Gasteiger partial charge in [0.1, 0.15) is 5.75 Å². The standard InChI is InChI=1S/C20H29NO3/c1-2-3-4-5-6-7-8-9-10-17-11-13-18(14-12-17)24-20(23)16-15-19(21)22/h11-16H,2-10H2,1H3,(H2,21,22)/b16-15-. The molecule has 132 valence electrons. The predicted molar refractivity (Wildman–Crippen MR) is 96.7 cm³/mol. The highest BCUT2D eigenvalue weighted by Gasteiger charge is 2.01. The van der Waals surface area contributed by atoms with Crippen LogP contribution in [-0.2, 0) is 16.0 Å². The molecule has 4 heteroatoms. The van der Waals surface area contributed by atoms with Crippen LogP contribution in [0.5, 0.6) is 5.75 Å². The molecular weight excluding hydrogens is 302 g/mol. The maximum absolute atomic E-state index is 11.4. The summed E-state index contributed by atoms with van der Waals surface area (Å²) in [6, 6.07) is 7.50. The van der Waals surface area contributed by atoms with Gasteiger partial charge in [-0.3, -0.25) is 4.79 Å². The van der Waals surface area contributed by atoms with Gasteiger partial charge < -0.3 is 10.5 Å². The van der Waals surface area contributed by atoms with Crippen molar-refractivity contribution in [2.75, 3.05) is 0 Å². The summed E-state index contributed by atoms with van der Waals surface area (Å²) < 4.78 is 5.08. The van der Waals surface area contributed by atoms with E-state index in [4.69, 9.17) is 10.5 Å². The van der Waals surface area contributed by atoms with Gasteiger partial charge in [0.05, 0.1) is 0 Å². The largest absolute Gasteiger partial charge is 0.423 e.